The second-order valence-electron chi connectivity index (χ2n) is 6.61. The Bertz CT molecular complexity index is 1410. The van der Waals surface area contributed by atoms with E-state index < -0.39 is 16.6 Å². The van der Waals surface area contributed by atoms with Crippen molar-refractivity contribution < 1.29 is 9.72 Å². The second-order valence-corrected chi connectivity index (χ2v) is 7.50. The van der Waals surface area contributed by atoms with Crippen molar-refractivity contribution in [3.63, 3.8) is 0 Å². The third-order valence-corrected chi connectivity index (χ3v) is 5.53. The van der Waals surface area contributed by atoms with E-state index in [2.05, 4.69) is 10.1 Å². The molecule has 0 bridgehead atoms. The minimum atomic E-state index is -1.14. The van der Waals surface area contributed by atoms with E-state index in [1.807, 2.05) is 12.1 Å². The molecular weight excluding hydrogens is 428 g/mol. The second kappa shape index (κ2) is 8.60. The summed E-state index contributed by atoms with van der Waals surface area (Å²) in [5.74, 6) is -1.65. The largest absolute Gasteiger partial charge is 0.290 e. The molecule has 0 spiro atoms. The Labute approximate surface area is 185 Å². The Morgan fingerprint density at radius 1 is 1.16 bits per heavy atom. The molecule has 0 fully saturated rings. The summed E-state index contributed by atoms with van der Waals surface area (Å²) >= 11 is 1.19. The van der Waals surface area contributed by atoms with Gasteiger partial charge < -0.3 is 0 Å². The standard InChI is InChI=1S/C22H12N6O3S/c23-11-14-4-6-15(7-5-14)20-13-32-22(25-20)18(12-24)21(29)19-8-9-27(26-19)16-2-1-3-17(10-16)28(30)31/h1-10,13,18H. The minimum absolute atomic E-state index is 0.0539. The highest BCUT2D eigenvalue weighted by Crippen LogP contribution is 2.28. The van der Waals surface area contributed by atoms with Crippen LogP contribution in [0.1, 0.15) is 27.0 Å². The van der Waals surface area contributed by atoms with Crippen LogP contribution in [0, 0.1) is 32.8 Å². The summed E-state index contributed by atoms with van der Waals surface area (Å²) in [6.07, 6.45) is 1.50. The highest BCUT2D eigenvalue weighted by Gasteiger charge is 2.27. The Kier molecular flexibility index (Phi) is 5.53. The lowest BCUT2D eigenvalue weighted by Crippen LogP contribution is -2.12. The van der Waals surface area contributed by atoms with Gasteiger partial charge in [-0.05, 0) is 24.3 Å². The zero-order valence-corrected chi connectivity index (χ0v) is 17.1. The van der Waals surface area contributed by atoms with E-state index in [0.717, 1.165) is 5.56 Å². The molecule has 0 radical (unpaired) electrons. The van der Waals surface area contributed by atoms with Crippen LogP contribution in [0.5, 0.6) is 0 Å². The highest BCUT2D eigenvalue weighted by molar-refractivity contribution is 7.10. The number of nitriles is 2. The van der Waals surface area contributed by atoms with Gasteiger partial charge in [0.1, 0.15) is 10.7 Å². The number of aromatic nitrogens is 3. The molecule has 154 valence electrons. The number of benzene rings is 2. The van der Waals surface area contributed by atoms with Crippen molar-refractivity contribution in [1.82, 2.24) is 14.8 Å². The summed E-state index contributed by atoms with van der Waals surface area (Å²) in [4.78, 5) is 27.9. The maximum atomic E-state index is 12.9. The molecule has 0 aliphatic heterocycles. The molecule has 1 atom stereocenters. The van der Waals surface area contributed by atoms with Crippen LogP contribution < -0.4 is 0 Å². The number of thiazole rings is 1. The first-order valence-corrected chi connectivity index (χ1v) is 10.1. The van der Waals surface area contributed by atoms with Gasteiger partial charge in [0, 0.05) is 29.3 Å². The molecule has 32 heavy (non-hydrogen) atoms. The van der Waals surface area contributed by atoms with Crippen molar-refractivity contribution in [2.45, 2.75) is 5.92 Å². The summed E-state index contributed by atoms with van der Waals surface area (Å²) in [6, 6.07) is 18.2. The minimum Gasteiger partial charge on any atom is -0.290 e. The summed E-state index contributed by atoms with van der Waals surface area (Å²) in [7, 11) is 0. The summed E-state index contributed by atoms with van der Waals surface area (Å²) in [5, 5.41) is 35.8. The fraction of sp³-hybridized carbons (Fsp3) is 0.0455. The van der Waals surface area contributed by atoms with Gasteiger partial charge in [0.25, 0.3) is 5.69 Å². The zero-order valence-electron chi connectivity index (χ0n) is 16.2. The molecule has 2 aromatic heterocycles. The Morgan fingerprint density at radius 3 is 2.62 bits per heavy atom. The lowest BCUT2D eigenvalue weighted by atomic mass is 10.0. The number of rotatable bonds is 6. The van der Waals surface area contributed by atoms with Gasteiger partial charge in [-0.3, -0.25) is 14.9 Å². The molecule has 0 aliphatic rings. The van der Waals surface area contributed by atoms with Crippen LogP contribution in [0.25, 0.3) is 16.9 Å². The number of nitro groups is 1. The number of hydrogen-bond acceptors (Lipinski definition) is 8. The van der Waals surface area contributed by atoms with Crippen molar-refractivity contribution >= 4 is 22.8 Å². The first kappa shape index (κ1) is 20.6. The maximum Gasteiger partial charge on any atom is 0.271 e. The highest BCUT2D eigenvalue weighted by atomic mass is 32.1. The van der Waals surface area contributed by atoms with Crippen molar-refractivity contribution in [2.75, 3.05) is 0 Å². The smallest absolute Gasteiger partial charge is 0.271 e. The zero-order chi connectivity index (χ0) is 22.7. The van der Waals surface area contributed by atoms with Crippen LogP contribution >= 0.6 is 11.3 Å². The van der Waals surface area contributed by atoms with Crippen LogP contribution in [0.2, 0.25) is 0 Å². The molecule has 0 saturated heterocycles. The van der Waals surface area contributed by atoms with Crippen LogP contribution in [0.15, 0.2) is 66.2 Å². The van der Waals surface area contributed by atoms with E-state index in [1.54, 1.807) is 35.7 Å². The monoisotopic (exact) mass is 440 g/mol. The van der Waals surface area contributed by atoms with Crippen LogP contribution in [-0.4, -0.2) is 25.5 Å². The SMILES string of the molecule is N#Cc1ccc(-c2csc(C(C#N)C(=O)c3ccn(-c4cccc([N+](=O)[O-])c4)n3)n2)cc1. The molecule has 2 aromatic carbocycles. The summed E-state index contributed by atoms with van der Waals surface area (Å²) in [5.41, 5.74) is 2.27. The van der Waals surface area contributed by atoms with Gasteiger partial charge in [0.15, 0.2) is 5.92 Å². The number of carbonyl (C=O) groups excluding carboxylic acids is 1. The van der Waals surface area contributed by atoms with Gasteiger partial charge >= 0.3 is 0 Å². The predicted octanol–water partition coefficient (Wildman–Crippen LogP) is 4.27. The van der Waals surface area contributed by atoms with Crippen molar-refractivity contribution in [1.29, 1.82) is 10.5 Å². The third kappa shape index (κ3) is 3.99. The number of hydrogen-bond donors (Lipinski definition) is 0. The predicted molar refractivity (Wildman–Crippen MR) is 115 cm³/mol. The van der Waals surface area contributed by atoms with Crippen LogP contribution in [-0.2, 0) is 0 Å². The van der Waals surface area contributed by atoms with Gasteiger partial charge in [-0.2, -0.15) is 15.6 Å². The van der Waals surface area contributed by atoms with E-state index in [4.69, 9.17) is 5.26 Å². The Morgan fingerprint density at radius 2 is 1.94 bits per heavy atom. The van der Waals surface area contributed by atoms with E-state index in [1.165, 1.54) is 46.5 Å². The molecule has 4 aromatic rings. The molecule has 0 amide bonds. The molecule has 2 heterocycles. The van der Waals surface area contributed by atoms with Crippen molar-refractivity contribution in [3.05, 3.63) is 92.6 Å². The van der Waals surface area contributed by atoms with Crippen LogP contribution in [0.4, 0.5) is 5.69 Å². The van der Waals surface area contributed by atoms with Gasteiger partial charge in [-0.25, -0.2) is 9.67 Å². The lowest BCUT2D eigenvalue weighted by Gasteiger charge is -2.03. The van der Waals surface area contributed by atoms with Crippen LogP contribution in [0.3, 0.4) is 0 Å². The van der Waals surface area contributed by atoms with E-state index in [0.29, 0.717) is 22.0 Å². The number of non-ortho nitro benzene ring substituents is 1. The average Bonchev–Trinajstić information content (AvgIpc) is 3.50. The van der Waals surface area contributed by atoms with E-state index >= 15 is 0 Å². The van der Waals surface area contributed by atoms with Gasteiger partial charge in [0.2, 0.25) is 5.78 Å². The normalized spacial score (nSPS) is 11.3. The number of ketones is 1. The molecule has 10 heteroatoms. The third-order valence-electron chi connectivity index (χ3n) is 4.62. The van der Waals surface area contributed by atoms with Gasteiger partial charge in [-0.1, -0.05) is 18.2 Å². The summed E-state index contributed by atoms with van der Waals surface area (Å²) in [6.45, 7) is 0. The lowest BCUT2D eigenvalue weighted by molar-refractivity contribution is -0.384. The number of carbonyl (C=O) groups is 1. The quantitative estimate of drug-likeness (QED) is 0.248. The molecular formula is C22H12N6O3S. The Balaban J connectivity index is 1.58. The van der Waals surface area contributed by atoms with Gasteiger partial charge in [-0.15, -0.1) is 11.3 Å². The molecule has 4 rings (SSSR count). The topological polar surface area (TPSA) is 139 Å². The van der Waals surface area contributed by atoms with Gasteiger partial charge in [0.05, 0.1) is 34.0 Å². The summed E-state index contributed by atoms with van der Waals surface area (Å²) < 4.78 is 1.35. The molecule has 0 N–H and O–H groups in total. The number of nitro benzene ring substituents is 1. The fourth-order valence-corrected chi connectivity index (χ4v) is 3.86. The number of Topliss-reactive ketones (excluding diaryl/α,β-unsaturated/α-hetero) is 1. The molecule has 0 saturated carbocycles. The Hall–Kier alpha value is -4.67. The average molecular weight is 440 g/mol. The first-order valence-electron chi connectivity index (χ1n) is 9.20. The maximum absolute atomic E-state index is 12.9. The van der Waals surface area contributed by atoms with Crippen molar-refractivity contribution in [2.24, 2.45) is 0 Å². The molecule has 9 nitrogen and oxygen atoms in total. The van der Waals surface area contributed by atoms with E-state index in [9.17, 15) is 20.2 Å². The van der Waals surface area contributed by atoms with Crippen molar-refractivity contribution in [3.8, 4) is 29.1 Å². The molecule has 1 unspecified atom stereocenters. The number of nitrogens with zero attached hydrogens (tertiary/aromatic N) is 6. The fourth-order valence-electron chi connectivity index (χ4n) is 2.99. The first-order chi connectivity index (χ1) is 15.5. The molecule has 0 aliphatic carbocycles. The van der Waals surface area contributed by atoms with E-state index in [-0.39, 0.29) is 11.4 Å².